The molecule has 0 aliphatic carbocycles. The Hall–Kier alpha value is -1.23. The molecular formula is C15H19N3S. The molecule has 2 aromatic rings. The van der Waals surface area contributed by atoms with E-state index in [9.17, 15) is 0 Å². The third-order valence-corrected chi connectivity index (χ3v) is 4.33. The van der Waals surface area contributed by atoms with Crippen LogP contribution in [-0.2, 0) is 13.1 Å². The Kier molecular flexibility index (Phi) is 4.23. The molecule has 0 amide bonds. The van der Waals surface area contributed by atoms with E-state index in [0.29, 0.717) is 6.04 Å². The minimum atomic E-state index is 0.604. The molecule has 0 bridgehead atoms. The second kappa shape index (κ2) is 6.28. The van der Waals surface area contributed by atoms with Gasteiger partial charge in [-0.3, -0.25) is 4.90 Å². The molecule has 1 aromatic heterocycles. The monoisotopic (exact) mass is 273 g/mol. The molecule has 4 heteroatoms. The van der Waals surface area contributed by atoms with Crippen molar-refractivity contribution >= 4 is 11.3 Å². The zero-order chi connectivity index (χ0) is 12.9. The van der Waals surface area contributed by atoms with Crippen LogP contribution in [0.1, 0.15) is 17.0 Å². The lowest BCUT2D eigenvalue weighted by atomic mass is 10.2. The molecule has 0 saturated carbocycles. The fraction of sp³-hybridized carbons (Fsp3) is 0.400. The van der Waals surface area contributed by atoms with Gasteiger partial charge in [-0.15, -0.1) is 11.3 Å². The fourth-order valence-electron chi connectivity index (χ4n) is 2.56. The maximum atomic E-state index is 4.31. The molecule has 0 spiro atoms. The van der Waals surface area contributed by atoms with Gasteiger partial charge in [0.05, 0.1) is 0 Å². The van der Waals surface area contributed by atoms with Crippen molar-refractivity contribution in [3.63, 3.8) is 0 Å². The Morgan fingerprint density at radius 1 is 1.32 bits per heavy atom. The number of nitrogens with zero attached hydrogens (tertiary/aromatic N) is 2. The Bertz CT molecular complexity index is 483. The molecular weight excluding hydrogens is 254 g/mol. The number of aromatic nitrogens is 1. The van der Waals surface area contributed by atoms with Crippen molar-refractivity contribution in [2.75, 3.05) is 13.1 Å². The zero-order valence-corrected chi connectivity index (χ0v) is 11.8. The standard InChI is InChI=1S/C15H19N3S/c1-2-4-13(5-3-1)11-18-8-6-14(12-18)17-10-15-16-7-9-19-15/h1-5,7,9,14,17H,6,8,10-12H2. The number of nitrogens with one attached hydrogen (secondary N) is 1. The SMILES string of the molecule is c1ccc(CN2CCC(NCc3nccs3)C2)cc1. The molecule has 1 aliphatic heterocycles. The lowest BCUT2D eigenvalue weighted by Crippen LogP contribution is -2.31. The maximum absolute atomic E-state index is 4.31. The second-order valence-corrected chi connectivity index (χ2v) is 5.99. The van der Waals surface area contributed by atoms with E-state index in [0.717, 1.165) is 19.6 Å². The molecule has 1 atom stereocenters. The molecule has 100 valence electrons. The summed E-state index contributed by atoms with van der Waals surface area (Å²) in [4.78, 5) is 6.83. The molecule has 1 aromatic carbocycles. The van der Waals surface area contributed by atoms with E-state index < -0.39 is 0 Å². The molecule has 0 radical (unpaired) electrons. The van der Waals surface area contributed by atoms with E-state index in [2.05, 4.69) is 45.5 Å². The van der Waals surface area contributed by atoms with E-state index >= 15 is 0 Å². The summed E-state index contributed by atoms with van der Waals surface area (Å²) in [6, 6.07) is 11.3. The molecule has 1 saturated heterocycles. The summed E-state index contributed by atoms with van der Waals surface area (Å²) in [5.74, 6) is 0. The smallest absolute Gasteiger partial charge is 0.106 e. The largest absolute Gasteiger partial charge is 0.306 e. The van der Waals surface area contributed by atoms with Crippen LogP contribution in [0, 0.1) is 0 Å². The first-order chi connectivity index (χ1) is 9.40. The lowest BCUT2D eigenvalue weighted by Gasteiger charge is -2.16. The van der Waals surface area contributed by atoms with Crippen molar-refractivity contribution < 1.29 is 0 Å². The number of benzene rings is 1. The third kappa shape index (κ3) is 3.62. The first-order valence-corrected chi connectivity index (χ1v) is 7.66. The van der Waals surface area contributed by atoms with E-state index in [1.807, 2.05) is 11.6 Å². The second-order valence-electron chi connectivity index (χ2n) is 5.01. The van der Waals surface area contributed by atoms with Gasteiger partial charge in [-0.25, -0.2) is 4.98 Å². The molecule has 1 fully saturated rings. The summed E-state index contributed by atoms with van der Waals surface area (Å²) >= 11 is 1.72. The summed E-state index contributed by atoms with van der Waals surface area (Å²) < 4.78 is 0. The van der Waals surface area contributed by atoms with Gasteiger partial charge in [0, 0.05) is 43.8 Å². The predicted octanol–water partition coefficient (Wildman–Crippen LogP) is 2.51. The third-order valence-electron chi connectivity index (χ3n) is 3.55. The Labute approximate surface area is 118 Å². The Morgan fingerprint density at radius 3 is 3.00 bits per heavy atom. The quantitative estimate of drug-likeness (QED) is 0.907. The predicted molar refractivity (Wildman–Crippen MR) is 79.1 cm³/mol. The number of hydrogen-bond donors (Lipinski definition) is 1. The van der Waals surface area contributed by atoms with Crippen LogP contribution in [0.5, 0.6) is 0 Å². The zero-order valence-electron chi connectivity index (χ0n) is 11.0. The van der Waals surface area contributed by atoms with Crippen LogP contribution in [0.15, 0.2) is 41.9 Å². The molecule has 19 heavy (non-hydrogen) atoms. The molecule has 2 heterocycles. The highest BCUT2D eigenvalue weighted by Crippen LogP contribution is 2.14. The maximum Gasteiger partial charge on any atom is 0.106 e. The first kappa shape index (κ1) is 12.8. The van der Waals surface area contributed by atoms with E-state index in [1.54, 1.807) is 11.3 Å². The number of hydrogen-bond acceptors (Lipinski definition) is 4. The van der Waals surface area contributed by atoms with Crippen molar-refractivity contribution in [2.24, 2.45) is 0 Å². The van der Waals surface area contributed by atoms with Crippen molar-refractivity contribution in [1.29, 1.82) is 0 Å². The van der Waals surface area contributed by atoms with Gasteiger partial charge in [0.25, 0.3) is 0 Å². The van der Waals surface area contributed by atoms with E-state index in [-0.39, 0.29) is 0 Å². The number of thiazole rings is 1. The molecule has 1 unspecified atom stereocenters. The van der Waals surface area contributed by atoms with Gasteiger partial charge in [-0.05, 0) is 12.0 Å². The Morgan fingerprint density at radius 2 is 2.21 bits per heavy atom. The lowest BCUT2D eigenvalue weighted by molar-refractivity contribution is 0.320. The van der Waals surface area contributed by atoms with Crippen molar-refractivity contribution in [3.05, 3.63) is 52.5 Å². The molecule has 3 rings (SSSR count). The normalized spacial score (nSPS) is 19.9. The number of likely N-dealkylation sites (tertiary alicyclic amines) is 1. The van der Waals surface area contributed by atoms with Crippen molar-refractivity contribution in [1.82, 2.24) is 15.2 Å². The summed E-state index contributed by atoms with van der Waals surface area (Å²) in [7, 11) is 0. The highest BCUT2D eigenvalue weighted by Gasteiger charge is 2.21. The van der Waals surface area contributed by atoms with Crippen LogP contribution in [0.2, 0.25) is 0 Å². The average molecular weight is 273 g/mol. The first-order valence-electron chi connectivity index (χ1n) is 6.78. The molecule has 1 N–H and O–H groups in total. The van der Waals surface area contributed by atoms with Crippen molar-refractivity contribution in [2.45, 2.75) is 25.6 Å². The van der Waals surface area contributed by atoms with Gasteiger partial charge in [0.15, 0.2) is 0 Å². The van der Waals surface area contributed by atoms with Crippen LogP contribution in [0.4, 0.5) is 0 Å². The summed E-state index contributed by atoms with van der Waals surface area (Å²) in [5, 5.41) is 6.82. The van der Waals surface area contributed by atoms with Crippen LogP contribution >= 0.6 is 11.3 Å². The van der Waals surface area contributed by atoms with Gasteiger partial charge >= 0.3 is 0 Å². The van der Waals surface area contributed by atoms with Gasteiger partial charge in [-0.2, -0.15) is 0 Å². The van der Waals surface area contributed by atoms with Gasteiger partial charge in [0.1, 0.15) is 5.01 Å². The highest BCUT2D eigenvalue weighted by molar-refractivity contribution is 7.09. The van der Waals surface area contributed by atoms with Gasteiger partial charge in [-0.1, -0.05) is 30.3 Å². The van der Waals surface area contributed by atoms with Crippen LogP contribution in [0.3, 0.4) is 0 Å². The molecule has 3 nitrogen and oxygen atoms in total. The highest BCUT2D eigenvalue weighted by atomic mass is 32.1. The molecule has 1 aliphatic rings. The fourth-order valence-corrected chi connectivity index (χ4v) is 3.12. The Balaban J connectivity index is 1.45. The van der Waals surface area contributed by atoms with Crippen LogP contribution < -0.4 is 5.32 Å². The van der Waals surface area contributed by atoms with Crippen molar-refractivity contribution in [3.8, 4) is 0 Å². The topological polar surface area (TPSA) is 28.2 Å². The average Bonchev–Trinajstić information content (AvgIpc) is 3.09. The minimum absolute atomic E-state index is 0.604. The summed E-state index contributed by atoms with van der Waals surface area (Å²) in [5.41, 5.74) is 1.41. The van der Waals surface area contributed by atoms with E-state index in [4.69, 9.17) is 0 Å². The summed E-state index contributed by atoms with van der Waals surface area (Å²) in [6.07, 6.45) is 3.11. The minimum Gasteiger partial charge on any atom is -0.306 e. The van der Waals surface area contributed by atoms with Gasteiger partial charge < -0.3 is 5.32 Å². The van der Waals surface area contributed by atoms with Crippen LogP contribution in [0.25, 0.3) is 0 Å². The van der Waals surface area contributed by atoms with E-state index in [1.165, 1.54) is 23.5 Å². The van der Waals surface area contributed by atoms with Gasteiger partial charge in [0.2, 0.25) is 0 Å². The number of rotatable bonds is 5. The summed E-state index contributed by atoms with van der Waals surface area (Å²) in [6.45, 7) is 4.29. The van der Waals surface area contributed by atoms with Crippen LogP contribution in [-0.4, -0.2) is 29.0 Å².